The number of carbonyl (C=O) groups is 3. The van der Waals surface area contributed by atoms with E-state index in [0.29, 0.717) is 54.5 Å². The Bertz CT molecular complexity index is 1010. The van der Waals surface area contributed by atoms with Crippen molar-refractivity contribution >= 4 is 29.3 Å². The molecule has 0 aliphatic carbocycles. The summed E-state index contributed by atoms with van der Waals surface area (Å²) < 4.78 is 5.34. The molecule has 0 radical (unpaired) electrons. The number of ether oxygens (including phenoxy) is 1. The van der Waals surface area contributed by atoms with Gasteiger partial charge in [-0.3, -0.25) is 14.4 Å². The van der Waals surface area contributed by atoms with Crippen molar-refractivity contribution in [3.05, 3.63) is 64.7 Å². The summed E-state index contributed by atoms with van der Waals surface area (Å²) in [5.74, 6) is -0.0487. The van der Waals surface area contributed by atoms with Gasteiger partial charge in [-0.1, -0.05) is 44.0 Å². The normalized spacial score (nSPS) is 15.8. The third-order valence-corrected chi connectivity index (χ3v) is 6.56. The summed E-state index contributed by atoms with van der Waals surface area (Å²) in [4.78, 5) is 42.9. The van der Waals surface area contributed by atoms with E-state index in [0.717, 1.165) is 6.42 Å². The van der Waals surface area contributed by atoms with Crippen LogP contribution < -0.4 is 10.1 Å². The van der Waals surface area contributed by atoms with E-state index in [4.69, 9.17) is 16.3 Å². The smallest absolute Gasteiger partial charge is 0.257 e. The Labute approximate surface area is 206 Å². The summed E-state index contributed by atoms with van der Waals surface area (Å²) in [6.07, 6.45) is 1.40. The molecule has 0 spiro atoms. The summed E-state index contributed by atoms with van der Waals surface area (Å²) in [7, 11) is 1.54. The minimum Gasteiger partial charge on any atom is -0.496 e. The Hall–Kier alpha value is -3.06. The lowest BCUT2D eigenvalue weighted by Crippen LogP contribution is -2.52. The zero-order valence-electron chi connectivity index (χ0n) is 19.9. The van der Waals surface area contributed by atoms with E-state index in [1.54, 1.807) is 53.3 Å². The SMILES string of the molecule is CCC(C)C(NC(=O)c1ccc(Cl)cc1)C(=O)N1CCCN(C(=O)c2ccccc2OC)CC1. The average Bonchev–Trinajstić information content (AvgIpc) is 3.12. The van der Waals surface area contributed by atoms with Gasteiger partial charge < -0.3 is 19.9 Å². The lowest BCUT2D eigenvalue weighted by atomic mass is 9.97. The first-order chi connectivity index (χ1) is 16.3. The van der Waals surface area contributed by atoms with Gasteiger partial charge in [0.1, 0.15) is 11.8 Å². The molecule has 1 aliphatic heterocycles. The largest absolute Gasteiger partial charge is 0.496 e. The minimum absolute atomic E-state index is 0.0432. The minimum atomic E-state index is -0.648. The number of hydrogen-bond acceptors (Lipinski definition) is 4. The van der Waals surface area contributed by atoms with Gasteiger partial charge in [-0.15, -0.1) is 0 Å². The zero-order chi connectivity index (χ0) is 24.7. The first-order valence-electron chi connectivity index (χ1n) is 11.6. The summed E-state index contributed by atoms with van der Waals surface area (Å²) >= 11 is 5.93. The van der Waals surface area contributed by atoms with Crippen LogP contribution in [0.4, 0.5) is 0 Å². The molecule has 1 saturated heterocycles. The third kappa shape index (κ3) is 6.08. The van der Waals surface area contributed by atoms with Gasteiger partial charge >= 0.3 is 0 Å². The highest BCUT2D eigenvalue weighted by Crippen LogP contribution is 2.21. The van der Waals surface area contributed by atoms with E-state index in [1.165, 1.54) is 0 Å². The predicted octanol–water partition coefficient (Wildman–Crippen LogP) is 3.87. The van der Waals surface area contributed by atoms with Gasteiger partial charge in [0.25, 0.3) is 11.8 Å². The van der Waals surface area contributed by atoms with Crippen LogP contribution in [0.3, 0.4) is 0 Å². The van der Waals surface area contributed by atoms with Crippen molar-refractivity contribution in [1.29, 1.82) is 0 Å². The molecule has 1 heterocycles. The number of nitrogens with one attached hydrogen (secondary N) is 1. The maximum Gasteiger partial charge on any atom is 0.257 e. The molecule has 3 amide bonds. The molecule has 0 bridgehead atoms. The molecule has 0 saturated carbocycles. The molecule has 3 rings (SSSR count). The number of carbonyl (C=O) groups excluding carboxylic acids is 3. The lowest BCUT2D eigenvalue weighted by Gasteiger charge is -2.30. The molecule has 34 heavy (non-hydrogen) atoms. The topological polar surface area (TPSA) is 79.0 Å². The highest BCUT2D eigenvalue weighted by atomic mass is 35.5. The van der Waals surface area contributed by atoms with E-state index in [-0.39, 0.29) is 23.6 Å². The summed E-state index contributed by atoms with van der Waals surface area (Å²) in [6, 6.07) is 13.1. The number of rotatable bonds is 7. The molecule has 1 N–H and O–H groups in total. The average molecular weight is 486 g/mol. The highest BCUT2D eigenvalue weighted by Gasteiger charge is 2.32. The first kappa shape index (κ1) is 25.6. The number of methoxy groups -OCH3 is 1. The van der Waals surface area contributed by atoms with E-state index < -0.39 is 6.04 Å². The quantitative estimate of drug-likeness (QED) is 0.645. The molecule has 1 aliphatic rings. The van der Waals surface area contributed by atoms with Gasteiger partial charge in [0, 0.05) is 36.8 Å². The predicted molar refractivity (Wildman–Crippen MR) is 132 cm³/mol. The zero-order valence-corrected chi connectivity index (χ0v) is 20.7. The summed E-state index contributed by atoms with van der Waals surface area (Å²) in [6.45, 7) is 5.85. The fraction of sp³-hybridized carbons (Fsp3) is 0.423. The second-order valence-electron chi connectivity index (χ2n) is 8.51. The number of nitrogens with zero attached hydrogens (tertiary/aromatic N) is 2. The molecule has 8 heteroatoms. The molecule has 2 aromatic rings. The number of amides is 3. The van der Waals surface area contributed by atoms with Crippen molar-refractivity contribution in [1.82, 2.24) is 15.1 Å². The molecule has 2 atom stereocenters. The Morgan fingerprint density at radius 2 is 1.65 bits per heavy atom. The second kappa shape index (κ2) is 11.9. The van der Waals surface area contributed by atoms with E-state index in [2.05, 4.69) is 5.32 Å². The molecular weight excluding hydrogens is 454 g/mol. The van der Waals surface area contributed by atoms with Crippen molar-refractivity contribution in [2.24, 2.45) is 5.92 Å². The van der Waals surface area contributed by atoms with Crippen LogP contribution in [0.25, 0.3) is 0 Å². The fourth-order valence-corrected chi connectivity index (χ4v) is 4.16. The van der Waals surface area contributed by atoms with Gasteiger partial charge in [-0.2, -0.15) is 0 Å². The standard InChI is InChI=1S/C26H32ClN3O4/c1-4-18(2)23(28-24(31)19-10-12-20(27)13-11-19)26(33)30-15-7-14-29(16-17-30)25(32)21-8-5-6-9-22(21)34-3/h5-6,8-13,18,23H,4,7,14-17H2,1-3H3,(H,28,31). The van der Waals surface area contributed by atoms with Crippen LogP contribution in [0.2, 0.25) is 5.02 Å². The molecule has 182 valence electrons. The second-order valence-corrected chi connectivity index (χ2v) is 8.95. The molecule has 0 aromatic heterocycles. The lowest BCUT2D eigenvalue weighted by molar-refractivity contribution is -0.134. The highest BCUT2D eigenvalue weighted by molar-refractivity contribution is 6.30. The van der Waals surface area contributed by atoms with Crippen molar-refractivity contribution in [2.45, 2.75) is 32.7 Å². The van der Waals surface area contributed by atoms with Crippen LogP contribution in [-0.2, 0) is 4.79 Å². The van der Waals surface area contributed by atoms with Gasteiger partial charge in [-0.05, 0) is 48.7 Å². The van der Waals surface area contributed by atoms with Gasteiger partial charge in [0.05, 0.1) is 12.7 Å². The number of benzene rings is 2. The monoisotopic (exact) mass is 485 g/mol. The van der Waals surface area contributed by atoms with E-state index in [1.807, 2.05) is 26.0 Å². The Morgan fingerprint density at radius 1 is 1.00 bits per heavy atom. The van der Waals surface area contributed by atoms with Crippen LogP contribution in [0.1, 0.15) is 47.4 Å². The Morgan fingerprint density at radius 3 is 2.32 bits per heavy atom. The maximum absolute atomic E-state index is 13.5. The van der Waals surface area contributed by atoms with Crippen LogP contribution in [0, 0.1) is 5.92 Å². The van der Waals surface area contributed by atoms with Gasteiger partial charge in [0.15, 0.2) is 0 Å². The molecule has 1 fully saturated rings. The van der Waals surface area contributed by atoms with E-state index >= 15 is 0 Å². The summed E-state index contributed by atoms with van der Waals surface area (Å²) in [5, 5.41) is 3.47. The molecule has 2 unspecified atom stereocenters. The Kier molecular flexibility index (Phi) is 8.93. The van der Waals surface area contributed by atoms with Gasteiger partial charge in [-0.25, -0.2) is 0 Å². The van der Waals surface area contributed by atoms with E-state index in [9.17, 15) is 14.4 Å². The Balaban J connectivity index is 1.69. The number of halogens is 1. The van der Waals surface area contributed by atoms with Crippen molar-refractivity contribution in [3.63, 3.8) is 0 Å². The molecular formula is C26H32ClN3O4. The number of hydrogen-bond donors (Lipinski definition) is 1. The van der Waals surface area contributed by atoms with Gasteiger partial charge in [0.2, 0.25) is 5.91 Å². The first-order valence-corrected chi connectivity index (χ1v) is 12.0. The van der Waals surface area contributed by atoms with Crippen molar-refractivity contribution in [2.75, 3.05) is 33.3 Å². The van der Waals surface area contributed by atoms with Crippen LogP contribution >= 0.6 is 11.6 Å². The van der Waals surface area contributed by atoms with Crippen molar-refractivity contribution < 1.29 is 19.1 Å². The molecule has 2 aromatic carbocycles. The fourth-order valence-electron chi connectivity index (χ4n) is 4.04. The number of para-hydroxylation sites is 1. The van der Waals surface area contributed by atoms with Crippen LogP contribution in [0.5, 0.6) is 5.75 Å². The molecule has 7 nitrogen and oxygen atoms in total. The van der Waals surface area contributed by atoms with Crippen molar-refractivity contribution in [3.8, 4) is 5.75 Å². The van der Waals surface area contributed by atoms with Crippen LogP contribution in [0.15, 0.2) is 48.5 Å². The summed E-state index contributed by atoms with van der Waals surface area (Å²) in [5.41, 5.74) is 0.965. The maximum atomic E-state index is 13.5. The third-order valence-electron chi connectivity index (χ3n) is 6.30. The van der Waals surface area contributed by atoms with Crippen LogP contribution in [-0.4, -0.2) is 66.9 Å².